The molecule has 0 saturated carbocycles. The molecule has 5 heteroatoms. The van der Waals surface area contributed by atoms with Gasteiger partial charge in [0.25, 0.3) is 5.56 Å². The molecule has 3 aromatic rings. The molecule has 0 amide bonds. The van der Waals surface area contributed by atoms with Crippen molar-refractivity contribution >= 4 is 27.8 Å². The van der Waals surface area contributed by atoms with Gasteiger partial charge in [0.15, 0.2) is 0 Å². The smallest absolute Gasteiger partial charge is 0.267 e. The molecular formula is C18H19N3OS. The number of aromatic nitrogens is 2. The number of hydrogen-bond acceptors (Lipinski definition) is 4. The average molecular weight is 325 g/mol. The summed E-state index contributed by atoms with van der Waals surface area (Å²) in [4.78, 5) is 18.9. The highest BCUT2D eigenvalue weighted by Crippen LogP contribution is 2.25. The van der Waals surface area contributed by atoms with Gasteiger partial charge in [-0.1, -0.05) is 17.7 Å². The molecule has 4 nitrogen and oxygen atoms in total. The molecular weight excluding hydrogens is 306 g/mol. The summed E-state index contributed by atoms with van der Waals surface area (Å²) >= 11 is 1.55. The summed E-state index contributed by atoms with van der Waals surface area (Å²) in [6.45, 7) is 10.1. The third kappa shape index (κ3) is 2.72. The van der Waals surface area contributed by atoms with Crippen molar-refractivity contribution in [3.8, 4) is 0 Å². The van der Waals surface area contributed by atoms with Crippen LogP contribution >= 0.6 is 11.3 Å². The Balaban J connectivity index is 2.11. The fraction of sp³-hybridized carbons (Fsp3) is 0.278. The lowest BCUT2D eigenvalue weighted by Crippen LogP contribution is -2.17. The first-order valence-electron chi connectivity index (χ1n) is 7.48. The number of rotatable bonds is 2. The first-order chi connectivity index (χ1) is 10.9. The summed E-state index contributed by atoms with van der Waals surface area (Å²) in [6.07, 6.45) is 3.24. The Kier molecular flexibility index (Phi) is 3.90. The van der Waals surface area contributed by atoms with Crippen molar-refractivity contribution in [2.45, 2.75) is 34.6 Å². The first-order valence-corrected chi connectivity index (χ1v) is 8.29. The summed E-state index contributed by atoms with van der Waals surface area (Å²) < 4.78 is 1.32. The molecule has 0 aliphatic rings. The number of fused-ring (bicyclic) bond motifs is 1. The molecule has 23 heavy (non-hydrogen) atoms. The molecule has 0 aliphatic carbocycles. The van der Waals surface area contributed by atoms with E-state index in [1.165, 1.54) is 16.6 Å². The molecule has 2 heterocycles. The second kappa shape index (κ2) is 5.74. The largest absolute Gasteiger partial charge is 0.282 e. The van der Waals surface area contributed by atoms with E-state index in [1.54, 1.807) is 17.6 Å². The SMILES string of the molecule is Cc1cc(C)c(/C=N/n2cnc3sc(C)c(C)c3c2=O)c(C)c1. The first kappa shape index (κ1) is 15.6. The van der Waals surface area contributed by atoms with Crippen LogP contribution in [-0.2, 0) is 0 Å². The zero-order chi connectivity index (χ0) is 16.7. The minimum absolute atomic E-state index is 0.115. The van der Waals surface area contributed by atoms with Crippen LogP contribution in [0, 0.1) is 34.6 Å². The van der Waals surface area contributed by atoms with E-state index in [1.807, 2.05) is 13.8 Å². The van der Waals surface area contributed by atoms with Crippen LogP contribution in [0.5, 0.6) is 0 Å². The predicted octanol–water partition coefficient (Wildman–Crippen LogP) is 3.88. The van der Waals surface area contributed by atoms with E-state index >= 15 is 0 Å². The maximum atomic E-state index is 12.6. The monoisotopic (exact) mass is 325 g/mol. The minimum atomic E-state index is -0.115. The molecule has 3 rings (SSSR count). The van der Waals surface area contributed by atoms with E-state index in [0.29, 0.717) is 5.39 Å². The molecule has 0 aliphatic heterocycles. The van der Waals surface area contributed by atoms with Crippen LogP contribution in [0.3, 0.4) is 0 Å². The van der Waals surface area contributed by atoms with Gasteiger partial charge >= 0.3 is 0 Å². The molecule has 0 radical (unpaired) electrons. The number of thiophene rings is 1. The molecule has 1 aromatic carbocycles. The highest BCUT2D eigenvalue weighted by Gasteiger charge is 2.11. The van der Waals surface area contributed by atoms with Crippen LogP contribution in [0.15, 0.2) is 28.4 Å². The molecule has 2 aromatic heterocycles. The lowest BCUT2D eigenvalue weighted by molar-refractivity contribution is 0.817. The second-order valence-corrected chi connectivity index (χ2v) is 7.12. The fourth-order valence-electron chi connectivity index (χ4n) is 2.82. The number of aryl methyl sites for hydroxylation is 5. The molecule has 0 saturated heterocycles. The fourth-order valence-corrected chi connectivity index (χ4v) is 3.81. The van der Waals surface area contributed by atoms with Gasteiger partial charge in [-0.25, -0.2) is 4.98 Å². The van der Waals surface area contributed by atoms with E-state index in [-0.39, 0.29) is 5.56 Å². The summed E-state index contributed by atoms with van der Waals surface area (Å²) in [5.41, 5.74) is 5.44. The van der Waals surface area contributed by atoms with E-state index in [9.17, 15) is 4.79 Å². The molecule has 0 bridgehead atoms. The molecule has 0 unspecified atom stereocenters. The van der Waals surface area contributed by atoms with Crippen LogP contribution in [0.2, 0.25) is 0 Å². The van der Waals surface area contributed by atoms with Crippen LogP contribution in [0.25, 0.3) is 10.2 Å². The van der Waals surface area contributed by atoms with Crippen LogP contribution in [0.1, 0.15) is 32.7 Å². The van der Waals surface area contributed by atoms with Crippen LogP contribution in [0.4, 0.5) is 0 Å². The van der Waals surface area contributed by atoms with Crippen molar-refractivity contribution in [1.82, 2.24) is 9.66 Å². The van der Waals surface area contributed by atoms with Crippen molar-refractivity contribution in [2.24, 2.45) is 5.10 Å². The van der Waals surface area contributed by atoms with Crippen LogP contribution < -0.4 is 5.56 Å². The van der Waals surface area contributed by atoms with Gasteiger partial charge in [-0.3, -0.25) is 4.79 Å². The van der Waals surface area contributed by atoms with Gasteiger partial charge in [-0.05, 0) is 51.3 Å². The minimum Gasteiger partial charge on any atom is -0.267 e. The number of hydrogen-bond donors (Lipinski definition) is 0. The molecule has 0 atom stereocenters. The predicted molar refractivity (Wildman–Crippen MR) is 97.0 cm³/mol. The molecule has 0 spiro atoms. The standard InChI is InChI=1S/C18H19N3OS/c1-10-6-11(2)15(12(3)7-10)8-20-21-9-19-17-16(18(21)22)13(4)14(5)23-17/h6-9H,1-5H3/b20-8+. The van der Waals surface area contributed by atoms with E-state index in [2.05, 4.69) is 43.0 Å². The Morgan fingerprint density at radius 3 is 2.43 bits per heavy atom. The quantitative estimate of drug-likeness (QED) is 0.671. The summed E-state index contributed by atoms with van der Waals surface area (Å²) in [5, 5.41) is 5.02. The van der Waals surface area contributed by atoms with E-state index in [0.717, 1.165) is 32.0 Å². The molecule has 0 fully saturated rings. The normalized spacial score (nSPS) is 11.7. The summed E-state index contributed by atoms with van der Waals surface area (Å²) in [6, 6.07) is 4.23. The van der Waals surface area contributed by atoms with Gasteiger partial charge in [-0.15, -0.1) is 11.3 Å². The van der Waals surface area contributed by atoms with Gasteiger partial charge in [0.05, 0.1) is 11.6 Å². The average Bonchev–Trinajstić information content (AvgIpc) is 2.76. The summed E-state index contributed by atoms with van der Waals surface area (Å²) in [7, 11) is 0. The van der Waals surface area contributed by atoms with Crippen molar-refractivity contribution in [3.63, 3.8) is 0 Å². The Bertz CT molecular complexity index is 972. The maximum Gasteiger partial charge on any atom is 0.282 e. The molecule has 118 valence electrons. The third-order valence-electron chi connectivity index (χ3n) is 4.12. The van der Waals surface area contributed by atoms with Crippen molar-refractivity contribution in [1.29, 1.82) is 0 Å². The Labute approximate surface area is 139 Å². The van der Waals surface area contributed by atoms with E-state index in [4.69, 9.17) is 0 Å². The topological polar surface area (TPSA) is 47.2 Å². The zero-order valence-corrected chi connectivity index (χ0v) is 14.8. The Hall–Kier alpha value is -2.27. The number of benzene rings is 1. The highest BCUT2D eigenvalue weighted by atomic mass is 32.1. The second-order valence-electron chi connectivity index (χ2n) is 5.91. The summed E-state index contributed by atoms with van der Waals surface area (Å²) in [5.74, 6) is 0. The van der Waals surface area contributed by atoms with Gasteiger partial charge in [0.1, 0.15) is 11.2 Å². The molecule has 0 N–H and O–H groups in total. The Morgan fingerprint density at radius 1 is 1.13 bits per heavy atom. The lowest BCUT2D eigenvalue weighted by Gasteiger charge is -2.06. The highest BCUT2D eigenvalue weighted by molar-refractivity contribution is 7.18. The van der Waals surface area contributed by atoms with Gasteiger partial charge in [0, 0.05) is 10.4 Å². The van der Waals surface area contributed by atoms with Gasteiger partial charge in [0.2, 0.25) is 0 Å². The van der Waals surface area contributed by atoms with Crippen molar-refractivity contribution < 1.29 is 0 Å². The van der Waals surface area contributed by atoms with E-state index < -0.39 is 0 Å². The van der Waals surface area contributed by atoms with Gasteiger partial charge < -0.3 is 0 Å². The van der Waals surface area contributed by atoms with Crippen molar-refractivity contribution in [2.75, 3.05) is 0 Å². The van der Waals surface area contributed by atoms with Crippen molar-refractivity contribution in [3.05, 3.63) is 61.5 Å². The Morgan fingerprint density at radius 2 is 1.78 bits per heavy atom. The lowest BCUT2D eigenvalue weighted by atomic mass is 10.0. The van der Waals surface area contributed by atoms with Gasteiger partial charge in [-0.2, -0.15) is 9.78 Å². The zero-order valence-electron chi connectivity index (χ0n) is 14.0. The van der Waals surface area contributed by atoms with Crippen LogP contribution in [-0.4, -0.2) is 15.9 Å². The maximum absolute atomic E-state index is 12.6. The number of nitrogens with zero attached hydrogens (tertiary/aromatic N) is 3. The third-order valence-corrected chi connectivity index (χ3v) is 5.24.